The number of rotatable bonds is 2. The predicted molar refractivity (Wildman–Crippen MR) is 88.7 cm³/mol. The zero-order valence-electron chi connectivity index (χ0n) is 14.0. The maximum atomic E-state index is 13.2. The smallest absolute Gasteiger partial charge is 0.243 e. The number of nitrogens with zero attached hydrogens (tertiary/aromatic N) is 1. The molecule has 2 aliphatic heterocycles. The van der Waals surface area contributed by atoms with Gasteiger partial charge in [-0.2, -0.15) is 0 Å². The molecule has 0 radical (unpaired) electrons. The van der Waals surface area contributed by atoms with E-state index in [2.05, 4.69) is 37.9 Å². The molecule has 2 bridgehead atoms. The van der Waals surface area contributed by atoms with Crippen LogP contribution in [0.1, 0.15) is 66.2 Å². The van der Waals surface area contributed by atoms with E-state index < -0.39 is 0 Å². The summed E-state index contributed by atoms with van der Waals surface area (Å²) in [4.78, 5) is 15.4. The van der Waals surface area contributed by atoms with Crippen LogP contribution in [0.25, 0.3) is 0 Å². The fraction of sp³-hybridized carbons (Fsp3) is 0.941. The maximum Gasteiger partial charge on any atom is 0.243 e. The van der Waals surface area contributed by atoms with Crippen molar-refractivity contribution in [3.05, 3.63) is 0 Å². The van der Waals surface area contributed by atoms with Gasteiger partial charge in [-0.05, 0) is 55.9 Å². The van der Waals surface area contributed by atoms with Gasteiger partial charge in [0.1, 0.15) is 0 Å². The highest BCUT2D eigenvalue weighted by Crippen LogP contribution is 2.53. The summed E-state index contributed by atoms with van der Waals surface area (Å²) in [5, 5.41) is 3.52. The monoisotopic (exact) mass is 314 g/mol. The summed E-state index contributed by atoms with van der Waals surface area (Å²) in [7, 11) is 0. The Balaban J connectivity index is 0.00000161. The second-order valence-corrected chi connectivity index (χ2v) is 8.61. The molecular weight excluding hydrogens is 284 g/mol. The Kier molecular flexibility index (Phi) is 4.41. The molecular formula is C17H31ClN2O. The first kappa shape index (κ1) is 17.1. The van der Waals surface area contributed by atoms with Crippen molar-refractivity contribution in [2.75, 3.05) is 13.1 Å². The van der Waals surface area contributed by atoms with Crippen LogP contribution in [0, 0.1) is 10.8 Å². The van der Waals surface area contributed by atoms with Gasteiger partial charge >= 0.3 is 0 Å². The second-order valence-electron chi connectivity index (χ2n) is 8.61. The Morgan fingerprint density at radius 3 is 2.57 bits per heavy atom. The predicted octanol–water partition coefficient (Wildman–Crippen LogP) is 3.37. The highest BCUT2D eigenvalue weighted by Gasteiger charge is 2.54. The number of hydrogen-bond donors (Lipinski definition) is 1. The van der Waals surface area contributed by atoms with E-state index in [1.54, 1.807) is 0 Å². The number of likely N-dealkylation sites (tertiary alicyclic amines) is 1. The van der Waals surface area contributed by atoms with Gasteiger partial charge in [0.15, 0.2) is 0 Å². The summed E-state index contributed by atoms with van der Waals surface area (Å²) in [6.07, 6.45) is 6.73. The van der Waals surface area contributed by atoms with Crippen LogP contribution in [0.2, 0.25) is 0 Å². The van der Waals surface area contributed by atoms with E-state index in [4.69, 9.17) is 0 Å². The molecule has 1 amide bonds. The lowest BCUT2D eigenvalue weighted by atomic mass is 9.65. The zero-order valence-corrected chi connectivity index (χ0v) is 14.8. The van der Waals surface area contributed by atoms with Crippen molar-refractivity contribution in [2.45, 2.75) is 77.8 Å². The highest BCUT2D eigenvalue weighted by molar-refractivity contribution is 5.87. The van der Waals surface area contributed by atoms with E-state index in [0.717, 1.165) is 32.4 Å². The molecule has 122 valence electrons. The van der Waals surface area contributed by atoms with E-state index in [1.807, 2.05) is 0 Å². The van der Waals surface area contributed by atoms with Gasteiger partial charge in [0.2, 0.25) is 5.91 Å². The summed E-state index contributed by atoms with van der Waals surface area (Å²) in [6.45, 7) is 11.3. The summed E-state index contributed by atoms with van der Waals surface area (Å²) in [6, 6.07) is 0.474. The number of nitrogens with one attached hydrogen (secondary N) is 1. The van der Waals surface area contributed by atoms with Crippen LogP contribution in [-0.2, 0) is 4.79 Å². The average molecular weight is 315 g/mol. The van der Waals surface area contributed by atoms with Gasteiger partial charge in [0, 0.05) is 12.6 Å². The molecule has 2 saturated heterocycles. The van der Waals surface area contributed by atoms with Crippen molar-refractivity contribution < 1.29 is 4.79 Å². The number of amides is 1. The summed E-state index contributed by atoms with van der Waals surface area (Å²) in [5.41, 5.74) is 0.475. The third-order valence-corrected chi connectivity index (χ3v) is 5.93. The summed E-state index contributed by atoms with van der Waals surface area (Å²) < 4.78 is 0. The van der Waals surface area contributed by atoms with Gasteiger partial charge in [-0.15, -0.1) is 12.4 Å². The van der Waals surface area contributed by atoms with Crippen LogP contribution < -0.4 is 5.32 Å². The Hall–Kier alpha value is -0.280. The Labute approximate surface area is 135 Å². The number of carbonyl (C=O) groups excluding carboxylic acids is 1. The summed E-state index contributed by atoms with van der Waals surface area (Å²) in [5.74, 6) is 0.393. The SMILES string of the molecule is CCC1(C(=O)N2CC3(C)CC2CC(C)(C)C3)CCCN1.Cl. The fourth-order valence-corrected chi connectivity index (χ4v) is 5.41. The third-order valence-electron chi connectivity index (χ3n) is 5.93. The maximum absolute atomic E-state index is 13.2. The van der Waals surface area contributed by atoms with Crippen molar-refractivity contribution >= 4 is 18.3 Å². The second kappa shape index (κ2) is 5.42. The normalized spacial score (nSPS) is 41.0. The third kappa shape index (κ3) is 2.84. The minimum atomic E-state index is -0.252. The number of hydrogen-bond acceptors (Lipinski definition) is 2. The largest absolute Gasteiger partial charge is 0.338 e. The van der Waals surface area contributed by atoms with Gasteiger partial charge in [-0.25, -0.2) is 0 Å². The molecule has 3 aliphatic rings. The quantitative estimate of drug-likeness (QED) is 0.847. The first-order valence-electron chi connectivity index (χ1n) is 8.35. The lowest BCUT2D eigenvalue weighted by Crippen LogP contribution is -2.55. The number of carbonyl (C=O) groups is 1. The molecule has 3 unspecified atom stereocenters. The van der Waals surface area contributed by atoms with E-state index in [9.17, 15) is 4.79 Å². The molecule has 3 atom stereocenters. The minimum Gasteiger partial charge on any atom is -0.338 e. The van der Waals surface area contributed by atoms with E-state index in [0.29, 0.717) is 22.8 Å². The zero-order chi connectivity index (χ0) is 14.6. The minimum absolute atomic E-state index is 0. The van der Waals surface area contributed by atoms with Crippen molar-refractivity contribution in [2.24, 2.45) is 10.8 Å². The van der Waals surface area contributed by atoms with Crippen molar-refractivity contribution in [3.8, 4) is 0 Å². The van der Waals surface area contributed by atoms with Crippen LogP contribution in [0.4, 0.5) is 0 Å². The lowest BCUT2D eigenvalue weighted by Gasteiger charge is -2.40. The average Bonchev–Trinajstić information content (AvgIpc) is 2.90. The van der Waals surface area contributed by atoms with Gasteiger partial charge in [-0.3, -0.25) is 4.79 Å². The molecule has 0 aromatic heterocycles. The summed E-state index contributed by atoms with van der Waals surface area (Å²) >= 11 is 0. The van der Waals surface area contributed by atoms with Gasteiger partial charge in [-0.1, -0.05) is 27.7 Å². The molecule has 1 N–H and O–H groups in total. The number of fused-ring (bicyclic) bond motifs is 2. The lowest BCUT2D eigenvalue weighted by molar-refractivity contribution is -0.139. The van der Waals surface area contributed by atoms with Crippen LogP contribution in [0.3, 0.4) is 0 Å². The molecule has 1 saturated carbocycles. The first-order chi connectivity index (χ1) is 9.29. The van der Waals surface area contributed by atoms with Gasteiger partial charge < -0.3 is 10.2 Å². The molecule has 4 heteroatoms. The van der Waals surface area contributed by atoms with Crippen LogP contribution in [0.15, 0.2) is 0 Å². The van der Waals surface area contributed by atoms with Crippen molar-refractivity contribution in [1.29, 1.82) is 0 Å². The van der Waals surface area contributed by atoms with E-state index in [1.165, 1.54) is 19.3 Å². The Bertz CT molecular complexity index is 417. The van der Waals surface area contributed by atoms with Crippen LogP contribution in [0.5, 0.6) is 0 Å². The molecule has 1 aliphatic carbocycles. The molecule has 0 aromatic rings. The molecule has 3 nitrogen and oxygen atoms in total. The van der Waals surface area contributed by atoms with Gasteiger partial charge in [0.05, 0.1) is 5.54 Å². The molecule has 0 spiro atoms. The fourth-order valence-electron chi connectivity index (χ4n) is 5.41. The topological polar surface area (TPSA) is 32.3 Å². The molecule has 21 heavy (non-hydrogen) atoms. The van der Waals surface area contributed by atoms with Crippen molar-refractivity contribution in [1.82, 2.24) is 10.2 Å². The Morgan fingerprint density at radius 2 is 2.00 bits per heavy atom. The molecule has 3 fully saturated rings. The van der Waals surface area contributed by atoms with Crippen LogP contribution >= 0.6 is 12.4 Å². The molecule has 2 heterocycles. The molecule has 0 aromatic carbocycles. The standard InChI is InChI=1S/C17H30N2O.ClH/c1-5-17(7-6-8-18-17)14(20)19-12-16(4)10-13(19)9-15(2,3)11-16;/h13,18H,5-12H2,1-4H3;1H. The Morgan fingerprint density at radius 1 is 1.29 bits per heavy atom. The first-order valence-corrected chi connectivity index (χ1v) is 8.35. The molecule has 3 rings (SSSR count). The van der Waals surface area contributed by atoms with Crippen molar-refractivity contribution in [3.63, 3.8) is 0 Å². The number of halogens is 1. The van der Waals surface area contributed by atoms with E-state index >= 15 is 0 Å². The van der Waals surface area contributed by atoms with Gasteiger partial charge in [0.25, 0.3) is 0 Å². The van der Waals surface area contributed by atoms with Crippen LogP contribution in [-0.4, -0.2) is 35.5 Å². The highest BCUT2D eigenvalue weighted by atomic mass is 35.5. The van der Waals surface area contributed by atoms with E-state index in [-0.39, 0.29) is 17.9 Å².